The van der Waals surface area contributed by atoms with E-state index in [1.165, 1.54) is 12.1 Å². The molecule has 0 fully saturated rings. The fraction of sp³-hybridized carbons (Fsp3) is 0.400. The maximum atomic E-state index is 13.1. The van der Waals surface area contributed by atoms with Crippen molar-refractivity contribution < 1.29 is 8.78 Å². The minimum atomic E-state index is -0.575. The number of benzene rings is 1. The van der Waals surface area contributed by atoms with Crippen molar-refractivity contribution in [3.63, 3.8) is 0 Å². The van der Waals surface area contributed by atoms with Crippen LogP contribution in [0.5, 0.6) is 0 Å². The van der Waals surface area contributed by atoms with Crippen LogP contribution in [0, 0.1) is 17.6 Å². The van der Waals surface area contributed by atoms with Crippen LogP contribution in [0.4, 0.5) is 14.5 Å². The maximum Gasteiger partial charge on any atom is 0.149 e. The molecule has 14 heavy (non-hydrogen) atoms. The van der Waals surface area contributed by atoms with Crippen molar-refractivity contribution in [2.24, 2.45) is 11.7 Å². The van der Waals surface area contributed by atoms with Crippen molar-refractivity contribution in [2.75, 3.05) is 18.4 Å². The second kappa shape index (κ2) is 4.91. The smallest absolute Gasteiger partial charge is 0.149 e. The van der Waals surface area contributed by atoms with Gasteiger partial charge in [0.05, 0.1) is 5.69 Å². The monoisotopic (exact) mass is 200 g/mol. The first kappa shape index (κ1) is 10.9. The van der Waals surface area contributed by atoms with E-state index in [0.29, 0.717) is 18.8 Å². The van der Waals surface area contributed by atoms with E-state index in [2.05, 4.69) is 5.32 Å². The van der Waals surface area contributed by atoms with Crippen LogP contribution >= 0.6 is 0 Å². The van der Waals surface area contributed by atoms with E-state index in [1.807, 2.05) is 6.92 Å². The number of hydrogen-bond donors (Lipinski definition) is 2. The van der Waals surface area contributed by atoms with Gasteiger partial charge in [0.25, 0.3) is 0 Å². The largest absolute Gasteiger partial charge is 0.382 e. The molecule has 0 aliphatic carbocycles. The average molecular weight is 200 g/mol. The van der Waals surface area contributed by atoms with E-state index in [1.54, 1.807) is 0 Å². The number of hydrogen-bond acceptors (Lipinski definition) is 2. The Bertz CT molecular complexity index is 302. The molecule has 0 aliphatic heterocycles. The van der Waals surface area contributed by atoms with Crippen LogP contribution in [-0.2, 0) is 0 Å². The maximum absolute atomic E-state index is 13.1. The molecule has 0 aromatic heterocycles. The molecular formula is C10H14F2N2. The molecule has 0 heterocycles. The molecule has 0 aliphatic rings. The van der Waals surface area contributed by atoms with Gasteiger partial charge in [-0.25, -0.2) is 8.78 Å². The highest BCUT2D eigenvalue weighted by Crippen LogP contribution is 2.14. The molecule has 3 N–H and O–H groups in total. The molecule has 0 saturated carbocycles. The molecule has 1 aromatic carbocycles. The molecule has 1 rings (SSSR count). The Hall–Kier alpha value is -1.16. The van der Waals surface area contributed by atoms with E-state index < -0.39 is 11.6 Å². The van der Waals surface area contributed by atoms with Gasteiger partial charge in [-0.1, -0.05) is 6.92 Å². The molecule has 0 spiro atoms. The highest BCUT2D eigenvalue weighted by Gasteiger charge is 2.04. The number of nitrogens with one attached hydrogen (secondary N) is 1. The zero-order chi connectivity index (χ0) is 10.6. The third-order valence-corrected chi connectivity index (χ3v) is 1.97. The van der Waals surface area contributed by atoms with Gasteiger partial charge in [0.2, 0.25) is 0 Å². The Balaban J connectivity index is 2.59. The summed E-state index contributed by atoms with van der Waals surface area (Å²) < 4.78 is 25.6. The van der Waals surface area contributed by atoms with E-state index in [-0.39, 0.29) is 5.92 Å². The standard InChI is InChI=1S/C10H14F2N2/c1-7(5-13)6-14-10-3-2-8(11)4-9(10)12/h2-4,7,14H,5-6,13H2,1H3. The molecule has 0 bridgehead atoms. The first-order valence-electron chi connectivity index (χ1n) is 4.52. The van der Waals surface area contributed by atoms with Crippen LogP contribution < -0.4 is 11.1 Å². The average Bonchev–Trinajstić information content (AvgIpc) is 2.16. The van der Waals surface area contributed by atoms with Crippen molar-refractivity contribution in [1.29, 1.82) is 0 Å². The third kappa shape index (κ3) is 2.96. The third-order valence-electron chi connectivity index (χ3n) is 1.97. The molecular weight excluding hydrogens is 186 g/mol. The minimum absolute atomic E-state index is 0.263. The van der Waals surface area contributed by atoms with Crippen LogP contribution in [0.15, 0.2) is 18.2 Å². The molecule has 0 saturated heterocycles. The molecule has 78 valence electrons. The van der Waals surface area contributed by atoms with Crippen molar-refractivity contribution in [3.8, 4) is 0 Å². The van der Waals surface area contributed by atoms with Crippen LogP contribution in [0.2, 0.25) is 0 Å². The zero-order valence-electron chi connectivity index (χ0n) is 8.06. The van der Waals surface area contributed by atoms with Crippen LogP contribution in [0.25, 0.3) is 0 Å². The SMILES string of the molecule is CC(CN)CNc1ccc(F)cc1F. The van der Waals surface area contributed by atoms with E-state index >= 15 is 0 Å². The summed E-state index contributed by atoms with van der Waals surface area (Å²) >= 11 is 0. The Morgan fingerprint density at radius 3 is 2.71 bits per heavy atom. The summed E-state index contributed by atoms with van der Waals surface area (Å²) in [6, 6.07) is 3.46. The summed E-state index contributed by atoms with van der Waals surface area (Å²) in [5.41, 5.74) is 5.72. The second-order valence-corrected chi connectivity index (χ2v) is 3.35. The molecule has 1 unspecified atom stereocenters. The molecule has 4 heteroatoms. The lowest BCUT2D eigenvalue weighted by Gasteiger charge is -2.11. The number of rotatable bonds is 4. The van der Waals surface area contributed by atoms with Gasteiger partial charge >= 0.3 is 0 Å². The molecule has 1 aromatic rings. The fourth-order valence-electron chi connectivity index (χ4n) is 1.00. The first-order chi connectivity index (χ1) is 6.63. The van der Waals surface area contributed by atoms with Gasteiger partial charge in [-0.3, -0.25) is 0 Å². The predicted molar refractivity (Wildman–Crippen MR) is 53.1 cm³/mol. The molecule has 0 amide bonds. The summed E-state index contributed by atoms with van der Waals surface area (Å²) in [6.07, 6.45) is 0. The van der Waals surface area contributed by atoms with Gasteiger partial charge in [0, 0.05) is 12.6 Å². The molecule has 1 atom stereocenters. The van der Waals surface area contributed by atoms with Gasteiger partial charge in [-0.2, -0.15) is 0 Å². The van der Waals surface area contributed by atoms with E-state index in [0.717, 1.165) is 6.07 Å². The molecule has 0 radical (unpaired) electrons. The van der Waals surface area contributed by atoms with Crippen LogP contribution in [0.3, 0.4) is 0 Å². The van der Waals surface area contributed by atoms with Crippen molar-refractivity contribution in [3.05, 3.63) is 29.8 Å². The predicted octanol–water partition coefficient (Wildman–Crippen LogP) is 1.97. The Labute approximate surface area is 82.1 Å². The summed E-state index contributed by atoms with van der Waals surface area (Å²) in [5, 5.41) is 2.87. The van der Waals surface area contributed by atoms with Gasteiger partial charge in [0.1, 0.15) is 11.6 Å². The van der Waals surface area contributed by atoms with E-state index in [4.69, 9.17) is 5.73 Å². The zero-order valence-corrected chi connectivity index (χ0v) is 8.06. The van der Waals surface area contributed by atoms with Crippen molar-refractivity contribution >= 4 is 5.69 Å². The lowest BCUT2D eigenvalue weighted by Crippen LogP contribution is -2.20. The highest BCUT2D eigenvalue weighted by atomic mass is 19.1. The first-order valence-corrected chi connectivity index (χ1v) is 4.52. The summed E-state index contributed by atoms with van der Waals surface area (Å²) in [6.45, 7) is 3.07. The quantitative estimate of drug-likeness (QED) is 0.779. The summed E-state index contributed by atoms with van der Waals surface area (Å²) in [7, 11) is 0. The fourth-order valence-corrected chi connectivity index (χ4v) is 1.00. The van der Waals surface area contributed by atoms with Gasteiger partial charge in [-0.05, 0) is 24.6 Å². The van der Waals surface area contributed by atoms with Gasteiger partial charge in [-0.15, -0.1) is 0 Å². The van der Waals surface area contributed by atoms with Gasteiger partial charge in [0.15, 0.2) is 0 Å². The lowest BCUT2D eigenvalue weighted by molar-refractivity contribution is 0.580. The number of anilines is 1. The van der Waals surface area contributed by atoms with Gasteiger partial charge < -0.3 is 11.1 Å². The number of halogens is 2. The lowest BCUT2D eigenvalue weighted by atomic mass is 10.2. The van der Waals surface area contributed by atoms with Crippen LogP contribution in [0.1, 0.15) is 6.92 Å². The Kier molecular flexibility index (Phi) is 3.83. The van der Waals surface area contributed by atoms with Crippen molar-refractivity contribution in [2.45, 2.75) is 6.92 Å². The summed E-state index contributed by atoms with van der Waals surface area (Å²) in [4.78, 5) is 0. The Morgan fingerprint density at radius 1 is 1.43 bits per heavy atom. The van der Waals surface area contributed by atoms with Crippen LogP contribution in [-0.4, -0.2) is 13.1 Å². The number of nitrogens with two attached hydrogens (primary N) is 1. The topological polar surface area (TPSA) is 38.0 Å². The Morgan fingerprint density at radius 2 is 2.14 bits per heavy atom. The normalized spacial score (nSPS) is 12.6. The highest BCUT2D eigenvalue weighted by molar-refractivity contribution is 5.44. The summed E-state index contributed by atoms with van der Waals surface area (Å²) in [5.74, 6) is -0.881. The minimum Gasteiger partial charge on any atom is -0.382 e. The second-order valence-electron chi connectivity index (χ2n) is 3.35. The van der Waals surface area contributed by atoms with E-state index in [9.17, 15) is 8.78 Å². The van der Waals surface area contributed by atoms with Crippen molar-refractivity contribution in [1.82, 2.24) is 0 Å². The molecule has 2 nitrogen and oxygen atoms in total.